The topological polar surface area (TPSA) is 42.7 Å². The highest BCUT2D eigenvalue weighted by atomic mass is 16.5. The molecule has 2 saturated carbocycles. The molecule has 4 heteroatoms. The zero-order valence-electron chi connectivity index (χ0n) is 12.6. The predicted octanol–water partition coefficient (Wildman–Crippen LogP) is 3.07. The molecule has 0 spiro atoms. The fourth-order valence-corrected chi connectivity index (χ4v) is 3.30. The molecule has 1 saturated heterocycles. The number of carbonyl (C=O) groups excluding carboxylic acids is 1. The molecule has 1 aromatic rings. The number of carbonyl (C=O) groups is 1. The van der Waals surface area contributed by atoms with Gasteiger partial charge >= 0.3 is 0 Å². The van der Waals surface area contributed by atoms with Crippen LogP contribution in [0.2, 0.25) is 0 Å². The van der Waals surface area contributed by atoms with Gasteiger partial charge < -0.3 is 14.1 Å². The van der Waals surface area contributed by atoms with Crippen LogP contribution in [0.5, 0.6) is 0 Å². The van der Waals surface area contributed by atoms with Crippen LogP contribution in [0.15, 0.2) is 16.5 Å². The molecule has 114 valence electrons. The average Bonchev–Trinajstić information content (AvgIpc) is 3.32. The Kier molecular flexibility index (Phi) is 3.29. The Morgan fingerprint density at radius 1 is 1.33 bits per heavy atom. The minimum atomic E-state index is -0.219. The Hall–Kier alpha value is -1.29. The maximum atomic E-state index is 12.6. The standard InChI is InChI=1S/C17H23NO3/c1-11-9-14(11)15-7-6-13(21-15)10-18(12-4-5-12)17(19)16-3-2-8-20-16/h6-7,11-12,14,16H,2-5,8-10H2,1H3/t11-,14-,16+/m1/s1. The Labute approximate surface area is 125 Å². The van der Waals surface area contributed by atoms with Crippen molar-refractivity contribution in [2.75, 3.05) is 6.61 Å². The fourth-order valence-electron chi connectivity index (χ4n) is 3.30. The number of amides is 1. The van der Waals surface area contributed by atoms with Crippen molar-refractivity contribution in [2.45, 2.75) is 63.6 Å². The highest BCUT2D eigenvalue weighted by molar-refractivity contribution is 5.81. The third-order valence-corrected chi connectivity index (χ3v) is 4.96. The SMILES string of the molecule is C[C@@H]1C[C@H]1c1ccc(CN(C(=O)[C@@H]2CCCO2)C2CC2)o1. The van der Waals surface area contributed by atoms with E-state index in [1.54, 1.807) is 0 Å². The molecule has 3 fully saturated rings. The minimum Gasteiger partial charge on any atom is -0.464 e. The second-order valence-corrected chi connectivity index (χ2v) is 6.82. The van der Waals surface area contributed by atoms with Gasteiger partial charge in [0.1, 0.15) is 17.6 Å². The largest absolute Gasteiger partial charge is 0.464 e. The van der Waals surface area contributed by atoms with Crippen LogP contribution >= 0.6 is 0 Å². The van der Waals surface area contributed by atoms with E-state index in [1.807, 2.05) is 11.0 Å². The first-order valence-corrected chi connectivity index (χ1v) is 8.23. The van der Waals surface area contributed by atoms with E-state index < -0.39 is 0 Å². The van der Waals surface area contributed by atoms with Gasteiger partial charge in [0.15, 0.2) is 0 Å². The number of rotatable bonds is 5. The third kappa shape index (κ3) is 2.73. The van der Waals surface area contributed by atoms with Gasteiger partial charge in [-0.05, 0) is 50.2 Å². The molecule has 1 aliphatic heterocycles. The Bertz CT molecular complexity index is 528. The first-order chi connectivity index (χ1) is 10.2. The van der Waals surface area contributed by atoms with E-state index in [4.69, 9.17) is 9.15 Å². The summed E-state index contributed by atoms with van der Waals surface area (Å²) in [5.41, 5.74) is 0. The summed E-state index contributed by atoms with van der Waals surface area (Å²) >= 11 is 0. The molecule has 0 radical (unpaired) electrons. The van der Waals surface area contributed by atoms with Gasteiger partial charge in [-0.3, -0.25) is 4.79 Å². The Morgan fingerprint density at radius 2 is 2.14 bits per heavy atom. The summed E-state index contributed by atoms with van der Waals surface area (Å²) < 4.78 is 11.5. The first kappa shape index (κ1) is 13.4. The highest BCUT2D eigenvalue weighted by Crippen LogP contribution is 2.47. The van der Waals surface area contributed by atoms with Gasteiger partial charge in [0.05, 0.1) is 6.54 Å². The quantitative estimate of drug-likeness (QED) is 0.836. The molecular formula is C17H23NO3. The second-order valence-electron chi connectivity index (χ2n) is 6.82. The molecular weight excluding hydrogens is 266 g/mol. The summed E-state index contributed by atoms with van der Waals surface area (Å²) in [5.74, 6) is 3.52. The normalized spacial score (nSPS) is 31.4. The lowest BCUT2D eigenvalue weighted by atomic mass is 10.2. The van der Waals surface area contributed by atoms with Gasteiger partial charge in [-0.2, -0.15) is 0 Å². The second kappa shape index (κ2) is 5.16. The molecule has 0 aromatic carbocycles. The van der Waals surface area contributed by atoms with Crippen LogP contribution in [0.4, 0.5) is 0 Å². The third-order valence-electron chi connectivity index (χ3n) is 4.96. The van der Waals surface area contributed by atoms with Gasteiger partial charge in [0, 0.05) is 18.6 Å². The number of hydrogen-bond acceptors (Lipinski definition) is 3. The zero-order valence-corrected chi connectivity index (χ0v) is 12.6. The van der Waals surface area contributed by atoms with Gasteiger partial charge in [-0.25, -0.2) is 0 Å². The Morgan fingerprint density at radius 3 is 2.76 bits per heavy atom. The summed E-state index contributed by atoms with van der Waals surface area (Å²) in [6.45, 7) is 3.58. The molecule has 3 atom stereocenters. The average molecular weight is 289 g/mol. The summed E-state index contributed by atoms with van der Waals surface area (Å²) in [7, 11) is 0. The molecule has 1 amide bonds. The first-order valence-electron chi connectivity index (χ1n) is 8.23. The van der Waals surface area contributed by atoms with Crippen LogP contribution in [-0.4, -0.2) is 29.6 Å². The lowest BCUT2D eigenvalue weighted by molar-refractivity contribution is -0.142. The molecule has 0 unspecified atom stereocenters. The smallest absolute Gasteiger partial charge is 0.252 e. The van der Waals surface area contributed by atoms with Gasteiger partial charge in [-0.15, -0.1) is 0 Å². The molecule has 21 heavy (non-hydrogen) atoms. The van der Waals surface area contributed by atoms with Crippen molar-refractivity contribution in [3.63, 3.8) is 0 Å². The van der Waals surface area contributed by atoms with Gasteiger partial charge in [0.25, 0.3) is 5.91 Å². The number of hydrogen-bond donors (Lipinski definition) is 0. The van der Waals surface area contributed by atoms with Crippen molar-refractivity contribution in [1.29, 1.82) is 0 Å². The molecule has 4 rings (SSSR count). The van der Waals surface area contributed by atoms with E-state index in [1.165, 1.54) is 6.42 Å². The maximum absolute atomic E-state index is 12.6. The highest BCUT2D eigenvalue weighted by Gasteiger charge is 2.39. The van der Waals surface area contributed by atoms with Crippen LogP contribution in [0.3, 0.4) is 0 Å². The number of ether oxygens (including phenoxy) is 1. The van der Waals surface area contributed by atoms with Crippen LogP contribution in [0.25, 0.3) is 0 Å². The molecule has 2 aliphatic carbocycles. The van der Waals surface area contributed by atoms with Crippen molar-refractivity contribution in [2.24, 2.45) is 5.92 Å². The Balaban J connectivity index is 1.44. The van der Waals surface area contributed by atoms with Crippen molar-refractivity contribution >= 4 is 5.91 Å². The van der Waals surface area contributed by atoms with Crippen molar-refractivity contribution in [1.82, 2.24) is 4.90 Å². The van der Waals surface area contributed by atoms with Crippen molar-refractivity contribution in [3.05, 3.63) is 23.7 Å². The zero-order chi connectivity index (χ0) is 14.4. The molecule has 1 aromatic heterocycles. The van der Waals surface area contributed by atoms with Gasteiger partial charge in [-0.1, -0.05) is 6.92 Å². The van der Waals surface area contributed by atoms with E-state index >= 15 is 0 Å². The summed E-state index contributed by atoms with van der Waals surface area (Å²) in [4.78, 5) is 14.6. The summed E-state index contributed by atoms with van der Waals surface area (Å²) in [5, 5.41) is 0. The lowest BCUT2D eigenvalue weighted by Crippen LogP contribution is -2.39. The van der Waals surface area contributed by atoms with Gasteiger partial charge in [0.2, 0.25) is 0 Å². The van der Waals surface area contributed by atoms with E-state index in [-0.39, 0.29) is 12.0 Å². The van der Waals surface area contributed by atoms with Crippen LogP contribution in [0.1, 0.15) is 56.5 Å². The summed E-state index contributed by atoms with van der Waals surface area (Å²) in [6, 6.07) is 4.53. The fraction of sp³-hybridized carbons (Fsp3) is 0.706. The van der Waals surface area contributed by atoms with Crippen LogP contribution < -0.4 is 0 Å². The summed E-state index contributed by atoms with van der Waals surface area (Å²) in [6.07, 6.45) is 5.11. The molecule has 2 heterocycles. The van der Waals surface area contributed by atoms with Crippen LogP contribution in [0, 0.1) is 5.92 Å². The van der Waals surface area contributed by atoms with E-state index in [9.17, 15) is 4.79 Å². The predicted molar refractivity (Wildman–Crippen MR) is 77.8 cm³/mol. The molecule has 0 N–H and O–H groups in total. The van der Waals surface area contributed by atoms with Crippen molar-refractivity contribution < 1.29 is 13.9 Å². The minimum absolute atomic E-state index is 0.160. The monoisotopic (exact) mass is 289 g/mol. The molecule has 4 nitrogen and oxygen atoms in total. The lowest BCUT2D eigenvalue weighted by Gasteiger charge is -2.24. The van der Waals surface area contributed by atoms with Crippen LogP contribution in [-0.2, 0) is 16.1 Å². The van der Waals surface area contributed by atoms with Crippen molar-refractivity contribution in [3.8, 4) is 0 Å². The molecule has 3 aliphatic rings. The maximum Gasteiger partial charge on any atom is 0.252 e. The van der Waals surface area contributed by atoms with E-state index in [0.717, 1.165) is 49.7 Å². The van der Waals surface area contributed by atoms with E-state index in [2.05, 4.69) is 13.0 Å². The molecule has 0 bridgehead atoms. The number of furan rings is 1. The number of nitrogens with zero attached hydrogens (tertiary/aromatic N) is 1. The van der Waals surface area contributed by atoms with E-state index in [0.29, 0.717) is 18.5 Å².